The highest BCUT2D eigenvalue weighted by Crippen LogP contribution is 2.47. The first-order valence-corrected chi connectivity index (χ1v) is 10.3. The fourth-order valence-electron chi connectivity index (χ4n) is 3.60. The molecule has 1 aromatic heterocycles. The lowest BCUT2D eigenvalue weighted by Gasteiger charge is -2.30. The number of nitrogens with zero attached hydrogens (tertiary/aromatic N) is 1. The Morgan fingerprint density at radius 2 is 1.63 bits per heavy atom. The van der Waals surface area contributed by atoms with Gasteiger partial charge in [-0.3, -0.25) is 9.78 Å². The second-order valence-corrected chi connectivity index (χ2v) is 8.41. The summed E-state index contributed by atoms with van der Waals surface area (Å²) in [4.78, 5) is 25.0. The third-order valence-electron chi connectivity index (χ3n) is 5.35. The summed E-state index contributed by atoms with van der Waals surface area (Å²) in [6.45, 7) is 2.10. The van der Waals surface area contributed by atoms with Gasteiger partial charge in [-0.2, -0.15) is 13.2 Å². The van der Waals surface area contributed by atoms with E-state index in [1.165, 1.54) is 0 Å². The first kappa shape index (κ1) is 24.6. The number of alkyl halides is 3. The smallest absolute Gasteiger partial charge is 0.303 e. The van der Waals surface area contributed by atoms with Crippen LogP contribution >= 0.6 is 34.8 Å². The van der Waals surface area contributed by atoms with Crippen LogP contribution in [0.5, 0.6) is 0 Å². The maximum Gasteiger partial charge on any atom is 0.417 e. The lowest BCUT2D eigenvalue weighted by atomic mass is 9.73. The van der Waals surface area contributed by atoms with E-state index in [0.717, 1.165) is 49.8 Å². The first-order valence-electron chi connectivity index (χ1n) is 9.13. The van der Waals surface area contributed by atoms with Crippen molar-refractivity contribution >= 4 is 47.4 Å². The van der Waals surface area contributed by atoms with Crippen LogP contribution in [0.15, 0.2) is 30.5 Å². The molecule has 0 bridgehead atoms. The summed E-state index contributed by atoms with van der Waals surface area (Å²) in [6, 6.07) is 6.28. The lowest BCUT2D eigenvalue weighted by molar-refractivity contribution is -0.137. The second-order valence-electron chi connectivity index (χ2n) is 7.16. The van der Waals surface area contributed by atoms with Crippen LogP contribution in [0.25, 0.3) is 0 Å². The second kappa shape index (κ2) is 10.1. The van der Waals surface area contributed by atoms with Gasteiger partial charge < -0.3 is 4.79 Å². The molecular formula is C21H19Cl3F3NO2. The Hall–Kier alpha value is -1.63. The molecule has 1 heterocycles. The van der Waals surface area contributed by atoms with E-state index in [4.69, 9.17) is 34.8 Å². The van der Waals surface area contributed by atoms with Gasteiger partial charge in [-0.1, -0.05) is 54.6 Å². The molecule has 0 aliphatic heterocycles. The molecule has 2 aromatic rings. The van der Waals surface area contributed by atoms with Crippen molar-refractivity contribution in [2.75, 3.05) is 0 Å². The number of rotatable bonds is 4. The van der Waals surface area contributed by atoms with Crippen LogP contribution in [-0.2, 0) is 11.0 Å². The summed E-state index contributed by atoms with van der Waals surface area (Å²) in [6.07, 6.45) is 1.87. The Morgan fingerprint density at radius 3 is 2.10 bits per heavy atom. The van der Waals surface area contributed by atoms with Crippen LogP contribution < -0.4 is 0 Å². The van der Waals surface area contributed by atoms with E-state index in [9.17, 15) is 22.8 Å². The normalized spacial score (nSPS) is 16.4. The monoisotopic (exact) mass is 479 g/mol. The number of carbonyl (C=O) groups excluding carboxylic acids is 2. The Balaban J connectivity index is 0.000000222. The largest absolute Gasteiger partial charge is 0.417 e. The Bertz CT molecular complexity index is 893. The van der Waals surface area contributed by atoms with E-state index in [1.807, 2.05) is 12.1 Å². The van der Waals surface area contributed by atoms with Gasteiger partial charge in [0.2, 0.25) is 0 Å². The van der Waals surface area contributed by atoms with Gasteiger partial charge in [0.05, 0.1) is 10.6 Å². The Labute approximate surface area is 187 Å². The molecule has 1 aromatic carbocycles. The summed E-state index contributed by atoms with van der Waals surface area (Å²) in [7, 11) is 0. The number of pyridine rings is 1. The van der Waals surface area contributed by atoms with Crippen molar-refractivity contribution in [1.29, 1.82) is 0 Å². The van der Waals surface area contributed by atoms with Gasteiger partial charge in [0.1, 0.15) is 12.0 Å². The number of aldehydes is 2. The van der Waals surface area contributed by atoms with Gasteiger partial charge >= 0.3 is 6.18 Å². The van der Waals surface area contributed by atoms with E-state index in [2.05, 4.69) is 11.9 Å². The molecular weight excluding hydrogens is 462 g/mol. The quantitative estimate of drug-likeness (QED) is 0.428. The van der Waals surface area contributed by atoms with Crippen molar-refractivity contribution in [2.45, 2.75) is 44.7 Å². The number of aromatic nitrogens is 1. The summed E-state index contributed by atoms with van der Waals surface area (Å²) in [5.74, 6) is 0.179. The molecule has 0 saturated heterocycles. The number of halogens is 6. The van der Waals surface area contributed by atoms with Gasteiger partial charge in [0.15, 0.2) is 6.29 Å². The average molecular weight is 481 g/mol. The zero-order valence-corrected chi connectivity index (χ0v) is 18.2. The first-order chi connectivity index (χ1) is 14.0. The summed E-state index contributed by atoms with van der Waals surface area (Å²) in [5.41, 5.74) is -0.604. The summed E-state index contributed by atoms with van der Waals surface area (Å²) >= 11 is 17.3. The number of benzene rings is 1. The zero-order chi connectivity index (χ0) is 22.5. The van der Waals surface area contributed by atoms with Crippen LogP contribution in [0.1, 0.15) is 60.1 Å². The fourth-order valence-corrected chi connectivity index (χ4v) is 4.41. The Kier molecular flexibility index (Phi) is 8.31. The molecule has 0 radical (unpaired) electrons. The summed E-state index contributed by atoms with van der Waals surface area (Å²) in [5, 5.41) is 0.613. The molecule has 1 atom stereocenters. The van der Waals surface area contributed by atoms with E-state index in [0.29, 0.717) is 10.0 Å². The highest BCUT2D eigenvalue weighted by Gasteiger charge is 2.39. The third-order valence-corrected chi connectivity index (χ3v) is 6.18. The standard InChI is InChI=1S/C14H16Cl2O.C7H3ClF3NO/c1-10(14(9-17)4-2-3-5-14)11-6-12(15)8-13(16)7-11;8-6-4(7(9,10)11)1-2-12-5(6)3-13/h6-10H,2-5H2,1H3;1-3H. The van der Waals surface area contributed by atoms with E-state index < -0.39 is 22.5 Å². The van der Waals surface area contributed by atoms with Gasteiger partial charge in [-0.25, -0.2) is 0 Å². The van der Waals surface area contributed by atoms with Crippen molar-refractivity contribution in [3.05, 3.63) is 62.4 Å². The highest BCUT2D eigenvalue weighted by molar-refractivity contribution is 6.34. The third kappa shape index (κ3) is 5.74. The van der Waals surface area contributed by atoms with Crippen molar-refractivity contribution in [3.8, 4) is 0 Å². The van der Waals surface area contributed by atoms with Crippen molar-refractivity contribution in [2.24, 2.45) is 5.41 Å². The van der Waals surface area contributed by atoms with Gasteiger partial charge in [0, 0.05) is 21.7 Å². The van der Waals surface area contributed by atoms with Crippen molar-refractivity contribution in [3.63, 3.8) is 0 Å². The molecule has 9 heteroatoms. The lowest BCUT2D eigenvalue weighted by Crippen LogP contribution is -2.25. The molecule has 0 spiro atoms. The minimum absolute atomic E-state index is 0.178. The predicted molar refractivity (Wildman–Crippen MR) is 111 cm³/mol. The van der Waals surface area contributed by atoms with Crippen molar-refractivity contribution < 1.29 is 22.8 Å². The molecule has 1 fully saturated rings. The predicted octanol–water partition coefficient (Wildman–Crippen LogP) is 7.42. The van der Waals surface area contributed by atoms with E-state index in [1.54, 1.807) is 6.07 Å². The molecule has 3 rings (SSSR count). The van der Waals surface area contributed by atoms with Crippen LogP contribution in [-0.4, -0.2) is 17.6 Å². The molecule has 1 saturated carbocycles. The fraction of sp³-hybridized carbons (Fsp3) is 0.381. The SMILES string of the molecule is CC(c1cc(Cl)cc(Cl)c1)C1(C=O)CCCC1.O=Cc1nccc(C(F)(F)F)c1Cl. The van der Waals surface area contributed by atoms with Gasteiger partial charge in [0.25, 0.3) is 0 Å². The minimum Gasteiger partial charge on any atom is -0.303 e. The van der Waals surface area contributed by atoms with Crippen LogP contribution in [0.2, 0.25) is 15.1 Å². The Morgan fingerprint density at radius 1 is 1.07 bits per heavy atom. The molecule has 1 aliphatic carbocycles. The van der Waals surface area contributed by atoms with Gasteiger partial charge in [-0.15, -0.1) is 0 Å². The maximum atomic E-state index is 12.1. The molecule has 1 unspecified atom stereocenters. The minimum atomic E-state index is -4.56. The van der Waals surface area contributed by atoms with Crippen LogP contribution in [0.4, 0.5) is 13.2 Å². The number of hydrogen-bond donors (Lipinski definition) is 0. The van der Waals surface area contributed by atoms with E-state index >= 15 is 0 Å². The molecule has 30 heavy (non-hydrogen) atoms. The maximum absolute atomic E-state index is 12.1. The van der Waals surface area contributed by atoms with Crippen LogP contribution in [0.3, 0.4) is 0 Å². The van der Waals surface area contributed by atoms with E-state index in [-0.39, 0.29) is 17.6 Å². The van der Waals surface area contributed by atoms with Crippen molar-refractivity contribution in [1.82, 2.24) is 4.98 Å². The molecule has 162 valence electrons. The molecule has 0 amide bonds. The molecule has 1 aliphatic rings. The summed E-state index contributed by atoms with van der Waals surface area (Å²) < 4.78 is 36.4. The number of carbonyl (C=O) groups is 2. The topological polar surface area (TPSA) is 47.0 Å². The average Bonchev–Trinajstić information content (AvgIpc) is 3.17. The molecule has 3 nitrogen and oxygen atoms in total. The van der Waals surface area contributed by atoms with Crippen LogP contribution in [0, 0.1) is 5.41 Å². The molecule has 0 N–H and O–H groups in total. The zero-order valence-electron chi connectivity index (χ0n) is 16.0. The van der Waals surface area contributed by atoms with Gasteiger partial charge in [-0.05, 0) is 48.6 Å². The number of hydrogen-bond acceptors (Lipinski definition) is 3. The highest BCUT2D eigenvalue weighted by atomic mass is 35.5.